The molecule has 7 heteroatoms. The van der Waals surface area contributed by atoms with Crippen molar-refractivity contribution in [2.75, 3.05) is 26.8 Å². The molecule has 0 aliphatic carbocycles. The summed E-state index contributed by atoms with van der Waals surface area (Å²) in [6.07, 6.45) is 0.974. The van der Waals surface area contributed by atoms with Crippen molar-refractivity contribution in [1.82, 2.24) is 10.6 Å². The quantitative estimate of drug-likeness (QED) is 0.617. The summed E-state index contributed by atoms with van der Waals surface area (Å²) < 4.78 is 10.6. The summed E-state index contributed by atoms with van der Waals surface area (Å²) >= 11 is 0. The van der Waals surface area contributed by atoms with Crippen LogP contribution in [-0.4, -0.2) is 38.8 Å². The van der Waals surface area contributed by atoms with Gasteiger partial charge in [-0.2, -0.15) is 0 Å². The summed E-state index contributed by atoms with van der Waals surface area (Å²) in [7, 11) is 1.60. The highest BCUT2D eigenvalue weighted by atomic mass is 16.5. The van der Waals surface area contributed by atoms with E-state index in [1.807, 2.05) is 24.3 Å². The number of amides is 2. The number of carbonyl (C=O) groups excluding carboxylic acids is 2. The number of hydrogen-bond acceptors (Lipinski definition) is 4. The van der Waals surface area contributed by atoms with Crippen LogP contribution < -0.4 is 20.3 Å². The number of fused-ring (bicyclic) bond motifs is 1. The third-order valence-electron chi connectivity index (χ3n) is 5.83. The van der Waals surface area contributed by atoms with Crippen molar-refractivity contribution in [2.45, 2.75) is 25.9 Å². The molecule has 2 aromatic carbocycles. The molecule has 3 N–H and O–H groups in total. The summed E-state index contributed by atoms with van der Waals surface area (Å²) in [5, 5.41) is 5.77. The van der Waals surface area contributed by atoms with Gasteiger partial charge in [0, 0.05) is 12.0 Å². The fraction of sp³-hybridized carbons (Fsp3) is 0.333. The fourth-order valence-corrected chi connectivity index (χ4v) is 4.30. The van der Waals surface area contributed by atoms with Gasteiger partial charge in [-0.3, -0.25) is 0 Å². The summed E-state index contributed by atoms with van der Waals surface area (Å²) in [4.78, 5) is 26.8. The van der Waals surface area contributed by atoms with E-state index in [1.165, 1.54) is 16.0 Å². The van der Waals surface area contributed by atoms with Crippen molar-refractivity contribution in [1.29, 1.82) is 0 Å². The number of hydrogen-bond donors (Lipinski definition) is 3. The lowest BCUT2D eigenvalue weighted by Gasteiger charge is -2.32. The molecule has 2 aliphatic heterocycles. The third kappa shape index (κ3) is 4.56. The largest absolute Gasteiger partial charge is 0.497 e. The van der Waals surface area contributed by atoms with E-state index in [4.69, 9.17) is 9.47 Å². The molecule has 31 heavy (non-hydrogen) atoms. The SMILES string of the molecule is CCOC(=O)C1=C(C[NH+]2CCc3ccccc3C2)NC(=O)N[C@@H]1c1ccc(OC)cc1. The average molecular weight is 423 g/mol. The Balaban J connectivity index is 1.66. The molecule has 0 radical (unpaired) electrons. The zero-order valence-corrected chi connectivity index (χ0v) is 17.9. The van der Waals surface area contributed by atoms with Crippen LogP contribution in [0.5, 0.6) is 5.75 Å². The summed E-state index contributed by atoms with van der Waals surface area (Å²) in [5.74, 6) is 0.296. The first-order valence-corrected chi connectivity index (χ1v) is 10.6. The molecule has 0 spiro atoms. The van der Waals surface area contributed by atoms with Gasteiger partial charge < -0.3 is 25.0 Å². The van der Waals surface area contributed by atoms with E-state index in [2.05, 4.69) is 34.9 Å². The molecule has 0 saturated carbocycles. The monoisotopic (exact) mass is 422 g/mol. The van der Waals surface area contributed by atoms with E-state index >= 15 is 0 Å². The molecule has 0 bridgehead atoms. The van der Waals surface area contributed by atoms with Gasteiger partial charge in [-0.15, -0.1) is 0 Å². The van der Waals surface area contributed by atoms with E-state index in [0.717, 1.165) is 25.1 Å². The smallest absolute Gasteiger partial charge is 0.338 e. The lowest BCUT2D eigenvalue weighted by molar-refractivity contribution is -0.911. The van der Waals surface area contributed by atoms with E-state index < -0.39 is 12.0 Å². The van der Waals surface area contributed by atoms with Crippen LogP contribution in [-0.2, 0) is 22.5 Å². The highest BCUT2D eigenvalue weighted by Crippen LogP contribution is 2.28. The van der Waals surface area contributed by atoms with Crippen molar-refractivity contribution in [3.63, 3.8) is 0 Å². The highest BCUT2D eigenvalue weighted by molar-refractivity contribution is 5.95. The van der Waals surface area contributed by atoms with Crippen LogP contribution >= 0.6 is 0 Å². The maximum absolute atomic E-state index is 13.0. The van der Waals surface area contributed by atoms with Gasteiger partial charge in [0.05, 0.1) is 37.6 Å². The molecule has 4 rings (SSSR count). The maximum atomic E-state index is 13.0. The van der Waals surface area contributed by atoms with Gasteiger partial charge in [-0.05, 0) is 30.2 Å². The van der Waals surface area contributed by atoms with Crippen molar-refractivity contribution >= 4 is 12.0 Å². The third-order valence-corrected chi connectivity index (χ3v) is 5.83. The van der Waals surface area contributed by atoms with E-state index in [9.17, 15) is 9.59 Å². The minimum Gasteiger partial charge on any atom is -0.497 e. The van der Waals surface area contributed by atoms with Crippen molar-refractivity contribution < 1.29 is 24.0 Å². The number of ether oxygens (including phenoxy) is 2. The molecule has 2 aliphatic rings. The number of methoxy groups -OCH3 is 1. The minimum atomic E-state index is -0.579. The van der Waals surface area contributed by atoms with Crippen LogP contribution in [0.2, 0.25) is 0 Å². The van der Waals surface area contributed by atoms with Crippen LogP contribution in [0.15, 0.2) is 59.8 Å². The Bertz CT molecular complexity index is 1000. The second-order valence-corrected chi connectivity index (χ2v) is 7.79. The number of benzene rings is 2. The van der Waals surface area contributed by atoms with Crippen LogP contribution in [0.1, 0.15) is 29.7 Å². The molecule has 162 valence electrons. The summed E-state index contributed by atoms with van der Waals surface area (Å²) in [6.45, 7) is 4.38. The molecule has 2 heterocycles. The first kappa shape index (κ1) is 20.9. The van der Waals surface area contributed by atoms with E-state index in [1.54, 1.807) is 14.0 Å². The molecule has 1 unspecified atom stereocenters. The molecule has 2 amide bonds. The minimum absolute atomic E-state index is 0.267. The molecule has 0 fully saturated rings. The summed E-state index contributed by atoms with van der Waals surface area (Å²) in [6, 6.07) is 14.9. The Morgan fingerprint density at radius 1 is 1.13 bits per heavy atom. The number of rotatable bonds is 6. The van der Waals surface area contributed by atoms with E-state index in [-0.39, 0.29) is 12.6 Å². The van der Waals surface area contributed by atoms with Gasteiger partial charge in [0.25, 0.3) is 0 Å². The zero-order chi connectivity index (χ0) is 21.8. The molecule has 0 saturated heterocycles. The Kier molecular flexibility index (Phi) is 6.23. The lowest BCUT2D eigenvalue weighted by atomic mass is 9.94. The number of quaternary nitrogens is 1. The van der Waals surface area contributed by atoms with Crippen molar-refractivity contribution in [3.8, 4) is 5.75 Å². The van der Waals surface area contributed by atoms with Crippen molar-refractivity contribution in [2.24, 2.45) is 0 Å². The van der Waals surface area contributed by atoms with Gasteiger partial charge in [0.2, 0.25) is 0 Å². The molecule has 2 atom stereocenters. The second kappa shape index (κ2) is 9.22. The Hall–Kier alpha value is -3.32. The van der Waals surface area contributed by atoms with Crippen LogP contribution in [0.25, 0.3) is 0 Å². The Morgan fingerprint density at radius 3 is 2.58 bits per heavy atom. The molecular formula is C24H28N3O4+. The van der Waals surface area contributed by atoms with Gasteiger partial charge >= 0.3 is 12.0 Å². The van der Waals surface area contributed by atoms with E-state index in [0.29, 0.717) is 23.6 Å². The van der Waals surface area contributed by atoms with Gasteiger partial charge in [-0.25, -0.2) is 9.59 Å². The van der Waals surface area contributed by atoms with Crippen LogP contribution in [0.3, 0.4) is 0 Å². The second-order valence-electron chi connectivity index (χ2n) is 7.79. The first-order valence-electron chi connectivity index (χ1n) is 10.6. The predicted molar refractivity (Wildman–Crippen MR) is 116 cm³/mol. The standard InChI is InChI=1S/C24H27N3O4/c1-3-31-23(28)21-20(15-27-13-12-16-6-4-5-7-18(16)14-27)25-24(29)26-22(21)17-8-10-19(30-2)11-9-17/h4-11,22H,3,12-15H2,1-2H3,(H2,25,26,29)/p+1/t22-/m1/s1. The van der Waals surface area contributed by atoms with Crippen LogP contribution in [0, 0.1) is 0 Å². The predicted octanol–water partition coefficient (Wildman–Crippen LogP) is 1.51. The highest BCUT2D eigenvalue weighted by Gasteiger charge is 2.35. The molecule has 2 aromatic rings. The zero-order valence-electron chi connectivity index (χ0n) is 17.9. The lowest BCUT2D eigenvalue weighted by Crippen LogP contribution is -3.12. The van der Waals surface area contributed by atoms with Gasteiger partial charge in [0.1, 0.15) is 18.8 Å². The maximum Gasteiger partial charge on any atom is 0.338 e. The number of carbonyl (C=O) groups is 2. The normalized spacial score (nSPS) is 20.4. The van der Waals surface area contributed by atoms with Gasteiger partial charge in [0.15, 0.2) is 0 Å². The number of urea groups is 1. The molecular weight excluding hydrogens is 394 g/mol. The van der Waals surface area contributed by atoms with Gasteiger partial charge in [-0.1, -0.05) is 36.4 Å². The summed E-state index contributed by atoms with van der Waals surface area (Å²) in [5.41, 5.74) is 4.57. The first-order chi connectivity index (χ1) is 15.1. The topological polar surface area (TPSA) is 81.1 Å². The fourth-order valence-electron chi connectivity index (χ4n) is 4.30. The Labute approximate surface area is 182 Å². The molecule has 0 aromatic heterocycles. The molecule has 7 nitrogen and oxygen atoms in total. The van der Waals surface area contributed by atoms with Crippen LogP contribution in [0.4, 0.5) is 4.79 Å². The Morgan fingerprint density at radius 2 is 1.87 bits per heavy atom. The number of esters is 1. The number of nitrogens with one attached hydrogen (secondary N) is 3. The van der Waals surface area contributed by atoms with Crippen molar-refractivity contribution in [3.05, 3.63) is 76.5 Å². The average Bonchev–Trinajstić information content (AvgIpc) is 2.79.